The first-order valence-corrected chi connectivity index (χ1v) is 5.03. The van der Waals surface area contributed by atoms with E-state index in [9.17, 15) is 4.79 Å². The fourth-order valence-corrected chi connectivity index (χ4v) is 1.66. The van der Waals surface area contributed by atoms with Crippen LogP contribution in [0, 0.1) is 0 Å². The summed E-state index contributed by atoms with van der Waals surface area (Å²) in [5.74, 6) is 0. The van der Waals surface area contributed by atoms with Crippen LogP contribution in [0.15, 0.2) is 24.3 Å². The average molecular weight is 206 g/mol. The maximum atomic E-state index is 10.2. The number of anilines is 2. The molecule has 2 rings (SSSR count). The molecular formula is C11H14N2O2. The molecule has 1 N–H and O–H groups in total. The molecule has 0 unspecified atom stereocenters. The highest BCUT2D eigenvalue weighted by Gasteiger charge is 2.10. The van der Waals surface area contributed by atoms with E-state index in [1.165, 1.54) is 5.69 Å². The van der Waals surface area contributed by atoms with E-state index in [0.717, 1.165) is 32.0 Å². The SMILES string of the molecule is O=CNc1ccc(N2CCOCC2)cc1. The lowest BCUT2D eigenvalue weighted by Crippen LogP contribution is -2.36. The first kappa shape index (κ1) is 9.98. The highest BCUT2D eigenvalue weighted by atomic mass is 16.5. The molecule has 1 aliphatic heterocycles. The van der Waals surface area contributed by atoms with E-state index in [1.54, 1.807) is 0 Å². The zero-order valence-electron chi connectivity index (χ0n) is 8.48. The molecule has 0 aromatic heterocycles. The van der Waals surface area contributed by atoms with Crippen molar-refractivity contribution in [1.29, 1.82) is 0 Å². The second-order valence-electron chi connectivity index (χ2n) is 3.41. The molecule has 0 atom stereocenters. The summed E-state index contributed by atoms with van der Waals surface area (Å²) >= 11 is 0. The van der Waals surface area contributed by atoms with E-state index >= 15 is 0 Å². The monoisotopic (exact) mass is 206 g/mol. The van der Waals surface area contributed by atoms with Gasteiger partial charge in [0, 0.05) is 24.5 Å². The van der Waals surface area contributed by atoms with Crippen LogP contribution in [-0.2, 0) is 9.53 Å². The van der Waals surface area contributed by atoms with Crippen LogP contribution in [-0.4, -0.2) is 32.7 Å². The van der Waals surface area contributed by atoms with E-state index in [4.69, 9.17) is 4.74 Å². The lowest BCUT2D eigenvalue weighted by Gasteiger charge is -2.28. The molecule has 15 heavy (non-hydrogen) atoms. The highest BCUT2D eigenvalue weighted by Crippen LogP contribution is 2.18. The number of ether oxygens (including phenoxy) is 1. The fraction of sp³-hybridized carbons (Fsp3) is 0.364. The molecule has 1 saturated heterocycles. The van der Waals surface area contributed by atoms with Crippen LogP contribution in [0.25, 0.3) is 0 Å². The molecule has 1 aliphatic rings. The summed E-state index contributed by atoms with van der Waals surface area (Å²) in [5.41, 5.74) is 2.00. The number of carbonyl (C=O) groups excluding carboxylic acids is 1. The molecule has 0 aliphatic carbocycles. The summed E-state index contributed by atoms with van der Waals surface area (Å²) in [6, 6.07) is 7.83. The number of nitrogens with one attached hydrogen (secondary N) is 1. The Kier molecular flexibility index (Phi) is 3.19. The van der Waals surface area contributed by atoms with Crippen LogP contribution in [0.3, 0.4) is 0 Å². The fourth-order valence-electron chi connectivity index (χ4n) is 1.66. The molecule has 1 aromatic rings. The molecule has 0 spiro atoms. The van der Waals surface area contributed by atoms with Gasteiger partial charge >= 0.3 is 0 Å². The van der Waals surface area contributed by atoms with Gasteiger partial charge in [0.1, 0.15) is 0 Å². The lowest BCUT2D eigenvalue weighted by atomic mass is 10.2. The molecule has 4 nitrogen and oxygen atoms in total. The Morgan fingerprint density at radius 3 is 2.47 bits per heavy atom. The Morgan fingerprint density at radius 1 is 1.20 bits per heavy atom. The minimum absolute atomic E-state index is 0.684. The maximum Gasteiger partial charge on any atom is 0.211 e. The number of nitrogens with zero attached hydrogens (tertiary/aromatic N) is 1. The van der Waals surface area contributed by atoms with Crippen molar-refractivity contribution in [2.45, 2.75) is 0 Å². The predicted molar refractivity (Wildman–Crippen MR) is 59.2 cm³/mol. The second kappa shape index (κ2) is 4.79. The summed E-state index contributed by atoms with van der Waals surface area (Å²) in [5, 5.41) is 2.61. The minimum Gasteiger partial charge on any atom is -0.378 e. The molecule has 1 aromatic carbocycles. The largest absolute Gasteiger partial charge is 0.378 e. The van der Waals surface area contributed by atoms with Crippen LogP contribution in [0.2, 0.25) is 0 Å². The third-order valence-corrected chi connectivity index (χ3v) is 2.47. The molecule has 0 radical (unpaired) electrons. The summed E-state index contributed by atoms with van der Waals surface area (Å²) in [6.07, 6.45) is 0.684. The van der Waals surface area contributed by atoms with E-state index < -0.39 is 0 Å². The molecule has 1 heterocycles. The van der Waals surface area contributed by atoms with Gasteiger partial charge in [-0.3, -0.25) is 4.79 Å². The third-order valence-electron chi connectivity index (χ3n) is 2.47. The van der Waals surface area contributed by atoms with Crippen molar-refractivity contribution in [1.82, 2.24) is 0 Å². The van der Waals surface area contributed by atoms with Gasteiger partial charge < -0.3 is 15.0 Å². The third kappa shape index (κ3) is 2.47. The Labute approximate surface area is 88.8 Å². The van der Waals surface area contributed by atoms with Gasteiger partial charge in [0.2, 0.25) is 6.41 Å². The molecule has 1 fully saturated rings. The number of hydrogen-bond acceptors (Lipinski definition) is 3. The molecule has 0 saturated carbocycles. The zero-order valence-corrected chi connectivity index (χ0v) is 8.48. The normalized spacial score (nSPS) is 16.1. The van der Waals surface area contributed by atoms with E-state index in [-0.39, 0.29) is 0 Å². The second-order valence-corrected chi connectivity index (χ2v) is 3.41. The van der Waals surface area contributed by atoms with Gasteiger partial charge in [-0.1, -0.05) is 0 Å². The number of amides is 1. The number of carbonyl (C=O) groups is 1. The standard InChI is InChI=1S/C11H14N2O2/c14-9-12-10-1-3-11(4-2-10)13-5-7-15-8-6-13/h1-4,9H,5-8H2,(H,12,14). The van der Waals surface area contributed by atoms with Crippen LogP contribution in [0.1, 0.15) is 0 Å². The summed E-state index contributed by atoms with van der Waals surface area (Å²) in [4.78, 5) is 12.5. The van der Waals surface area contributed by atoms with Crippen molar-refractivity contribution in [3.8, 4) is 0 Å². The van der Waals surface area contributed by atoms with Gasteiger partial charge in [-0.25, -0.2) is 0 Å². The first-order chi connectivity index (χ1) is 7.40. The number of morpholine rings is 1. The molecule has 80 valence electrons. The van der Waals surface area contributed by atoms with Crippen LogP contribution < -0.4 is 10.2 Å². The average Bonchev–Trinajstić information content (AvgIpc) is 2.32. The quantitative estimate of drug-likeness (QED) is 0.753. The Hall–Kier alpha value is -1.55. The topological polar surface area (TPSA) is 41.6 Å². The van der Waals surface area contributed by atoms with Crippen molar-refractivity contribution in [2.75, 3.05) is 36.5 Å². The van der Waals surface area contributed by atoms with Gasteiger partial charge in [0.05, 0.1) is 13.2 Å². The van der Waals surface area contributed by atoms with Gasteiger partial charge in [0.25, 0.3) is 0 Å². The molecule has 1 amide bonds. The lowest BCUT2D eigenvalue weighted by molar-refractivity contribution is -0.105. The Morgan fingerprint density at radius 2 is 1.87 bits per heavy atom. The van der Waals surface area contributed by atoms with E-state index in [2.05, 4.69) is 10.2 Å². The first-order valence-electron chi connectivity index (χ1n) is 5.03. The van der Waals surface area contributed by atoms with Crippen LogP contribution >= 0.6 is 0 Å². The Bertz CT molecular complexity index is 318. The van der Waals surface area contributed by atoms with Crippen LogP contribution in [0.5, 0.6) is 0 Å². The number of hydrogen-bond donors (Lipinski definition) is 1. The van der Waals surface area contributed by atoms with E-state index in [1.807, 2.05) is 24.3 Å². The van der Waals surface area contributed by atoms with Gasteiger partial charge in [-0.2, -0.15) is 0 Å². The summed E-state index contributed by atoms with van der Waals surface area (Å²) < 4.78 is 5.28. The van der Waals surface area contributed by atoms with Crippen molar-refractivity contribution in [3.05, 3.63) is 24.3 Å². The van der Waals surface area contributed by atoms with Crippen molar-refractivity contribution in [3.63, 3.8) is 0 Å². The van der Waals surface area contributed by atoms with Crippen molar-refractivity contribution < 1.29 is 9.53 Å². The maximum absolute atomic E-state index is 10.2. The van der Waals surface area contributed by atoms with Gasteiger partial charge in [0.15, 0.2) is 0 Å². The van der Waals surface area contributed by atoms with E-state index in [0.29, 0.717) is 6.41 Å². The van der Waals surface area contributed by atoms with Crippen molar-refractivity contribution in [2.24, 2.45) is 0 Å². The van der Waals surface area contributed by atoms with Crippen LogP contribution in [0.4, 0.5) is 11.4 Å². The number of benzene rings is 1. The van der Waals surface area contributed by atoms with Gasteiger partial charge in [-0.05, 0) is 24.3 Å². The smallest absolute Gasteiger partial charge is 0.211 e. The summed E-state index contributed by atoms with van der Waals surface area (Å²) in [6.45, 7) is 3.43. The summed E-state index contributed by atoms with van der Waals surface area (Å²) in [7, 11) is 0. The predicted octanol–water partition coefficient (Wildman–Crippen LogP) is 1.09. The number of rotatable bonds is 3. The molecule has 0 bridgehead atoms. The van der Waals surface area contributed by atoms with Crippen molar-refractivity contribution >= 4 is 17.8 Å². The zero-order chi connectivity index (χ0) is 10.5. The highest BCUT2D eigenvalue weighted by molar-refractivity contribution is 5.72. The minimum atomic E-state index is 0.684. The Balaban J connectivity index is 2.04. The molecular weight excluding hydrogens is 192 g/mol. The molecule has 4 heteroatoms. The van der Waals surface area contributed by atoms with Gasteiger partial charge in [-0.15, -0.1) is 0 Å².